The third-order valence-electron chi connectivity index (χ3n) is 2.77. The van der Waals surface area contributed by atoms with Gasteiger partial charge in [-0.25, -0.2) is 9.18 Å². The van der Waals surface area contributed by atoms with Gasteiger partial charge in [0.1, 0.15) is 0 Å². The number of nitrogens with one attached hydrogen (secondary N) is 2. The van der Waals surface area contributed by atoms with Crippen LogP contribution in [-0.4, -0.2) is 23.5 Å². The molecule has 1 aromatic carbocycles. The standard InChI is InChI=1S/C12H11FN2O3/c13-12(7-6-8-4-2-1-3-5-8)9(16)14-11(18)15-10(12)17/h1-5H,6-7H2,(H2,14,15,16,17,18). The number of benzene rings is 1. The highest BCUT2D eigenvalue weighted by molar-refractivity contribution is 6.21. The van der Waals surface area contributed by atoms with Crippen LogP contribution < -0.4 is 10.6 Å². The molecule has 2 rings (SSSR count). The number of urea groups is 1. The monoisotopic (exact) mass is 250 g/mol. The van der Waals surface area contributed by atoms with Crippen molar-refractivity contribution in [2.75, 3.05) is 0 Å². The minimum atomic E-state index is -2.69. The maximum absolute atomic E-state index is 14.2. The lowest BCUT2D eigenvalue weighted by Crippen LogP contribution is -2.64. The molecule has 18 heavy (non-hydrogen) atoms. The summed E-state index contributed by atoms with van der Waals surface area (Å²) in [7, 11) is 0. The van der Waals surface area contributed by atoms with Gasteiger partial charge in [-0.3, -0.25) is 20.2 Å². The van der Waals surface area contributed by atoms with Crippen molar-refractivity contribution in [3.05, 3.63) is 35.9 Å². The Morgan fingerprint density at radius 2 is 1.56 bits per heavy atom. The van der Waals surface area contributed by atoms with Crippen LogP contribution >= 0.6 is 0 Å². The molecule has 0 bridgehead atoms. The Morgan fingerprint density at radius 1 is 1.00 bits per heavy atom. The molecule has 0 saturated carbocycles. The van der Waals surface area contributed by atoms with E-state index in [9.17, 15) is 18.8 Å². The fourth-order valence-electron chi connectivity index (χ4n) is 1.73. The van der Waals surface area contributed by atoms with E-state index < -0.39 is 23.5 Å². The van der Waals surface area contributed by atoms with Crippen molar-refractivity contribution in [1.29, 1.82) is 0 Å². The Kier molecular flexibility index (Phi) is 3.10. The predicted octanol–water partition coefficient (Wildman–Crippen LogP) is 0.693. The lowest BCUT2D eigenvalue weighted by Gasteiger charge is -2.26. The van der Waals surface area contributed by atoms with Crippen molar-refractivity contribution in [2.24, 2.45) is 0 Å². The van der Waals surface area contributed by atoms with Crippen LogP contribution in [0.3, 0.4) is 0 Å². The Balaban J connectivity index is 2.09. The summed E-state index contributed by atoms with van der Waals surface area (Å²) in [4.78, 5) is 33.6. The molecule has 4 amide bonds. The number of hydrogen-bond donors (Lipinski definition) is 2. The van der Waals surface area contributed by atoms with Crippen LogP contribution in [0.1, 0.15) is 12.0 Å². The summed E-state index contributed by atoms with van der Waals surface area (Å²) < 4.78 is 14.2. The Labute approximate surface area is 102 Å². The van der Waals surface area contributed by atoms with Crippen LogP contribution in [-0.2, 0) is 16.0 Å². The number of carbonyl (C=O) groups excluding carboxylic acids is 3. The normalized spacial score (nSPS) is 18.2. The summed E-state index contributed by atoms with van der Waals surface area (Å²) in [6.45, 7) is 0. The minimum absolute atomic E-state index is 0.229. The molecule has 0 aliphatic carbocycles. The summed E-state index contributed by atoms with van der Waals surface area (Å²) in [5, 5.41) is 3.50. The second kappa shape index (κ2) is 4.56. The molecule has 94 valence electrons. The Hall–Kier alpha value is -2.24. The van der Waals surface area contributed by atoms with E-state index >= 15 is 0 Å². The predicted molar refractivity (Wildman–Crippen MR) is 60.3 cm³/mol. The van der Waals surface area contributed by atoms with Gasteiger partial charge in [0.15, 0.2) is 0 Å². The molecule has 0 unspecified atom stereocenters. The minimum Gasteiger partial charge on any atom is -0.274 e. The second-order valence-electron chi connectivity index (χ2n) is 4.02. The van der Waals surface area contributed by atoms with Crippen LogP contribution in [0, 0.1) is 0 Å². The number of hydrogen-bond acceptors (Lipinski definition) is 3. The van der Waals surface area contributed by atoms with E-state index in [1.165, 1.54) is 0 Å². The molecule has 0 aromatic heterocycles. The van der Waals surface area contributed by atoms with Crippen molar-refractivity contribution in [3.8, 4) is 0 Å². The smallest absolute Gasteiger partial charge is 0.274 e. The van der Waals surface area contributed by atoms with Gasteiger partial charge in [-0.15, -0.1) is 0 Å². The molecule has 1 fully saturated rings. The lowest BCUT2D eigenvalue weighted by molar-refractivity contribution is -0.147. The Morgan fingerprint density at radius 3 is 2.11 bits per heavy atom. The SMILES string of the molecule is O=C1NC(=O)C(F)(CCc2ccccc2)C(=O)N1. The van der Waals surface area contributed by atoms with Gasteiger partial charge in [0.05, 0.1) is 0 Å². The topological polar surface area (TPSA) is 75.3 Å². The van der Waals surface area contributed by atoms with Crippen LogP contribution in [0.4, 0.5) is 9.18 Å². The molecule has 5 nitrogen and oxygen atoms in total. The summed E-state index contributed by atoms with van der Waals surface area (Å²) in [5.41, 5.74) is -1.88. The van der Waals surface area contributed by atoms with Crippen LogP contribution in [0.25, 0.3) is 0 Å². The first-order valence-corrected chi connectivity index (χ1v) is 5.42. The highest BCUT2D eigenvalue weighted by Gasteiger charge is 2.50. The number of barbiturate groups is 1. The number of alkyl halides is 1. The molecule has 0 radical (unpaired) electrons. The molecule has 6 heteroatoms. The van der Waals surface area contributed by atoms with Gasteiger partial charge < -0.3 is 0 Å². The summed E-state index contributed by atoms with van der Waals surface area (Å²) >= 11 is 0. The lowest BCUT2D eigenvalue weighted by atomic mass is 9.93. The van der Waals surface area contributed by atoms with Gasteiger partial charge in [-0.05, 0) is 12.0 Å². The van der Waals surface area contributed by atoms with Crippen molar-refractivity contribution < 1.29 is 18.8 Å². The van der Waals surface area contributed by atoms with E-state index in [1.807, 2.05) is 6.07 Å². The molecule has 2 N–H and O–H groups in total. The van der Waals surface area contributed by atoms with Crippen molar-refractivity contribution in [2.45, 2.75) is 18.5 Å². The highest BCUT2D eigenvalue weighted by atomic mass is 19.1. The zero-order valence-corrected chi connectivity index (χ0v) is 9.40. The summed E-state index contributed by atoms with van der Waals surface area (Å²) in [5.74, 6) is -2.40. The van der Waals surface area contributed by atoms with Gasteiger partial charge in [0.25, 0.3) is 17.5 Å². The number of amides is 4. The van der Waals surface area contributed by atoms with E-state index in [4.69, 9.17) is 0 Å². The van der Waals surface area contributed by atoms with Crippen molar-refractivity contribution in [3.63, 3.8) is 0 Å². The zero-order chi connectivity index (χ0) is 13.2. The average Bonchev–Trinajstić information content (AvgIpc) is 2.35. The van der Waals surface area contributed by atoms with E-state index in [2.05, 4.69) is 0 Å². The highest BCUT2D eigenvalue weighted by Crippen LogP contribution is 2.22. The van der Waals surface area contributed by atoms with Gasteiger partial charge in [0.2, 0.25) is 0 Å². The molecular formula is C12H11FN2O3. The third kappa shape index (κ3) is 2.22. The molecule has 1 heterocycles. The van der Waals surface area contributed by atoms with E-state index in [1.54, 1.807) is 34.9 Å². The molecule has 1 saturated heterocycles. The molecule has 1 aliphatic heterocycles. The first-order chi connectivity index (χ1) is 8.52. The maximum Gasteiger partial charge on any atom is 0.328 e. The van der Waals surface area contributed by atoms with E-state index in [0.29, 0.717) is 0 Å². The van der Waals surface area contributed by atoms with E-state index in [-0.39, 0.29) is 12.8 Å². The zero-order valence-electron chi connectivity index (χ0n) is 9.40. The van der Waals surface area contributed by atoms with Crippen LogP contribution in [0.5, 0.6) is 0 Å². The molecular weight excluding hydrogens is 239 g/mol. The second-order valence-corrected chi connectivity index (χ2v) is 4.02. The number of carbonyl (C=O) groups is 3. The number of halogens is 1. The number of rotatable bonds is 3. The first-order valence-electron chi connectivity index (χ1n) is 5.42. The van der Waals surface area contributed by atoms with Crippen molar-refractivity contribution in [1.82, 2.24) is 10.6 Å². The maximum atomic E-state index is 14.2. The average molecular weight is 250 g/mol. The van der Waals surface area contributed by atoms with Crippen LogP contribution in [0.2, 0.25) is 0 Å². The Bertz CT molecular complexity index is 481. The number of imide groups is 2. The van der Waals surface area contributed by atoms with Crippen LogP contribution in [0.15, 0.2) is 30.3 Å². The van der Waals surface area contributed by atoms with Crippen molar-refractivity contribution >= 4 is 17.8 Å². The fourth-order valence-corrected chi connectivity index (χ4v) is 1.73. The van der Waals surface area contributed by atoms with Gasteiger partial charge >= 0.3 is 6.03 Å². The van der Waals surface area contributed by atoms with Gasteiger partial charge in [-0.1, -0.05) is 30.3 Å². The van der Waals surface area contributed by atoms with E-state index in [0.717, 1.165) is 5.56 Å². The molecule has 1 aliphatic rings. The molecule has 0 spiro atoms. The summed E-state index contributed by atoms with van der Waals surface area (Å²) in [6.07, 6.45) is -0.0751. The summed E-state index contributed by atoms with van der Waals surface area (Å²) in [6, 6.07) is 7.93. The first kappa shape index (κ1) is 12.2. The third-order valence-corrected chi connectivity index (χ3v) is 2.77. The quantitative estimate of drug-likeness (QED) is 0.775. The molecule has 0 atom stereocenters. The van der Waals surface area contributed by atoms with Gasteiger partial charge in [0, 0.05) is 6.42 Å². The molecule has 1 aromatic rings. The largest absolute Gasteiger partial charge is 0.328 e. The number of aryl methyl sites for hydroxylation is 1. The van der Waals surface area contributed by atoms with Gasteiger partial charge in [-0.2, -0.15) is 0 Å². The fraction of sp³-hybridized carbons (Fsp3) is 0.250.